The summed E-state index contributed by atoms with van der Waals surface area (Å²) in [5, 5.41) is 21.2. The summed E-state index contributed by atoms with van der Waals surface area (Å²) in [7, 11) is 3.75. The first-order valence-corrected chi connectivity index (χ1v) is 6.55. The van der Waals surface area contributed by atoms with Crippen LogP contribution in [-0.2, 0) is 0 Å². The van der Waals surface area contributed by atoms with Crippen LogP contribution >= 0.6 is 0 Å². The standard InChI is InChI=1S/C12H22N4O2/c1-8(13-2)11-14-15-12(18-11)16(3)9-6-4-5-7-10(9)17/h8-10,13,17H,4-7H2,1-3H3. The molecule has 6 heteroatoms. The van der Waals surface area contributed by atoms with Crippen LogP contribution in [0.1, 0.15) is 44.5 Å². The van der Waals surface area contributed by atoms with E-state index in [2.05, 4.69) is 15.5 Å². The van der Waals surface area contributed by atoms with Gasteiger partial charge in [0.25, 0.3) is 0 Å². The highest BCUT2D eigenvalue weighted by molar-refractivity contribution is 5.26. The lowest BCUT2D eigenvalue weighted by Crippen LogP contribution is -2.43. The highest BCUT2D eigenvalue weighted by Gasteiger charge is 2.29. The van der Waals surface area contributed by atoms with E-state index in [1.54, 1.807) is 0 Å². The van der Waals surface area contributed by atoms with E-state index < -0.39 is 0 Å². The molecule has 0 radical (unpaired) electrons. The summed E-state index contributed by atoms with van der Waals surface area (Å²) in [6, 6.07) is 0.603. The van der Waals surface area contributed by atoms with Gasteiger partial charge in [0.2, 0.25) is 5.89 Å². The van der Waals surface area contributed by atoms with E-state index in [0.717, 1.165) is 25.7 Å². The maximum atomic E-state index is 10.0. The molecule has 18 heavy (non-hydrogen) atoms. The number of anilines is 1. The SMILES string of the molecule is CNC(C)c1nnc(N(C)C2CCCCC2O)o1. The van der Waals surface area contributed by atoms with Crippen LogP contribution in [0.3, 0.4) is 0 Å². The van der Waals surface area contributed by atoms with Gasteiger partial charge in [-0.25, -0.2) is 0 Å². The molecule has 0 aliphatic heterocycles. The summed E-state index contributed by atoms with van der Waals surface area (Å²) in [4.78, 5) is 1.91. The Morgan fingerprint density at radius 2 is 2.11 bits per heavy atom. The molecule has 1 fully saturated rings. The van der Waals surface area contributed by atoms with Gasteiger partial charge >= 0.3 is 6.01 Å². The molecule has 2 rings (SSSR count). The van der Waals surface area contributed by atoms with Crippen molar-refractivity contribution >= 4 is 6.01 Å². The van der Waals surface area contributed by atoms with Crippen molar-refractivity contribution in [2.24, 2.45) is 0 Å². The van der Waals surface area contributed by atoms with Crippen molar-refractivity contribution in [3.63, 3.8) is 0 Å². The summed E-state index contributed by atoms with van der Waals surface area (Å²) in [5.41, 5.74) is 0. The first-order chi connectivity index (χ1) is 8.63. The topological polar surface area (TPSA) is 74.4 Å². The first-order valence-electron chi connectivity index (χ1n) is 6.55. The number of aliphatic hydroxyl groups excluding tert-OH is 1. The number of nitrogens with one attached hydrogen (secondary N) is 1. The van der Waals surface area contributed by atoms with Gasteiger partial charge in [-0.1, -0.05) is 17.9 Å². The van der Waals surface area contributed by atoms with Crippen LogP contribution in [0.4, 0.5) is 6.01 Å². The third kappa shape index (κ3) is 2.64. The largest absolute Gasteiger partial charge is 0.406 e. The summed E-state index contributed by atoms with van der Waals surface area (Å²) in [6.07, 6.45) is 3.75. The second kappa shape index (κ2) is 5.67. The molecular weight excluding hydrogens is 232 g/mol. The Morgan fingerprint density at radius 1 is 1.39 bits per heavy atom. The van der Waals surface area contributed by atoms with E-state index in [0.29, 0.717) is 11.9 Å². The summed E-state index contributed by atoms with van der Waals surface area (Å²) < 4.78 is 5.63. The second-order valence-corrected chi connectivity index (χ2v) is 4.96. The van der Waals surface area contributed by atoms with E-state index in [-0.39, 0.29) is 18.2 Å². The smallest absolute Gasteiger partial charge is 0.318 e. The van der Waals surface area contributed by atoms with Gasteiger partial charge in [0.05, 0.1) is 18.2 Å². The Hall–Kier alpha value is -1.14. The molecule has 1 aromatic rings. The number of aromatic nitrogens is 2. The van der Waals surface area contributed by atoms with Gasteiger partial charge in [0.15, 0.2) is 0 Å². The van der Waals surface area contributed by atoms with Crippen LogP contribution in [0.15, 0.2) is 4.42 Å². The van der Waals surface area contributed by atoms with Crippen LogP contribution in [0, 0.1) is 0 Å². The molecule has 1 aromatic heterocycles. The molecule has 0 spiro atoms. The maximum Gasteiger partial charge on any atom is 0.318 e. The fourth-order valence-electron chi connectivity index (χ4n) is 2.35. The molecule has 1 aliphatic carbocycles. The van der Waals surface area contributed by atoms with Gasteiger partial charge in [0.1, 0.15) is 0 Å². The fraction of sp³-hybridized carbons (Fsp3) is 0.833. The third-order valence-corrected chi connectivity index (χ3v) is 3.73. The lowest BCUT2D eigenvalue weighted by Gasteiger charge is -2.33. The molecule has 0 bridgehead atoms. The van der Waals surface area contributed by atoms with Crippen molar-refractivity contribution < 1.29 is 9.52 Å². The van der Waals surface area contributed by atoms with Crippen LogP contribution in [0.25, 0.3) is 0 Å². The van der Waals surface area contributed by atoms with E-state index in [4.69, 9.17) is 4.42 Å². The minimum Gasteiger partial charge on any atom is -0.406 e. The molecule has 1 aliphatic rings. The van der Waals surface area contributed by atoms with E-state index in [1.165, 1.54) is 0 Å². The predicted molar refractivity (Wildman–Crippen MR) is 68.4 cm³/mol. The quantitative estimate of drug-likeness (QED) is 0.838. The van der Waals surface area contributed by atoms with E-state index in [1.807, 2.05) is 25.9 Å². The number of likely N-dealkylation sites (N-methyl/N-ethyl adjacent to an activating group) is 1. The van der Waals surface area contributed by atoms with Crippen molar-refractivity contribution in [3.8, 4) is 0 Å². The van der Waals surface area contributed by atoms with Crippen molar-refractivity contribution in [1.29, 1.82) is 0 Å². The average Bonchev–Trinajstić information content (AvgIpc) is 2.87. The van der Waals surface area contributed by atoms with Crippen LogP contribution < -0.4 is 10.2 Å². The zero-order valence-corrected chi connectivity index (χ0v) is 11.3. The van der Waals surface area contributed by atoms with Crippen molar-refractivity contribution in [3.05, 3.63) is 5.89 Å². The molecular formula is C12H22N4O2. The van der Waals surface area contributed by atoms with Gasteiger partial charge in [0, 0.05) is 7.05 Å². The Balaban J connectivity index is 2.08. The minimum absolute atomic E-state index is 0.0379. The van der Waals surface area contributed by atoms with Crippen molar-refractivity contribution in [1.82, 2.24) is 15.5 Å². The molecule has 1 saturated carbocycles. The molecule has 2 N–H and O–H groups in total. The van der Waals surface area contributed by atoms with Crippen molar-refractivity contribution in [2.45, 2.75) is 50.8 Å². The monoisotopic (exact) mass is 254 g/mol. The number of hydrogen-bond acceptors (Lipinski definition) is 6. The van der Waals surface area contributed by atoms with Gasteiger partial charge in [-0.15, -0.1) is 5.10 Å². The first kappa shape index (κ1) is 13.3. The molecule has 1 heterocycles. The summed E-state index contributed by atoms with van der Waals surface area (Å²) in [6.45, 7) is 1.97. The zero-order chi connectivity index (χ0) is 13.1. The Bertz CT molecular complexity index is 382. The molecule has 0 aromatic carbocycles. The Morgan fingerprint density at radius 3 is 2.78 bits per heavy atom. The van der Waals surface area contributed by atoms with E-state index in [9.17, 15) is 5.11 Å². The molecule has 102 valence electrons. The number of aliphatic hydroxyl groups is 1. The molecule has 6 nitrogen and oxygen atoms in total. The molecule has 3 atom stereocenters. The van der Waals surface area contributed by atoms with Gasteiger partial charge in [-0.05, 0) is 26.8 Å². The Kier molecular flexibility index (Phi) is 4.19. The second-order valence-electron chi connectivity index (χ2n) is 4.96. The van der Waals surface area contributed by atoms with Crippen molar-refractivity contribution in [2.75, 3.05) is 19.0 Å². The average molecular weight is 254 g/mol. The van der Waals surface area contributed by atoms with Gasteiger partial charge in [-0.2, -0.15) is 0 Å². The predicted octanol–water partition coefficient (Wildman–Crippen LogP) is 1.09. The van der Waals surface area contributed by atoms with Gasteiger partial charge in [-0.3, -0.25) is 0 Å². The molecule has 0 amide bonds. The number of hydrogen-bond donors (Lipinski definition) is 2. The van der Waals surface area contributed by atoms with Gasteiger partial charge < -0.3 is 19.7 Å². The summed E-state index contributed by atoms with van der Waals surface area (Å²) >= 11 is 0. The number of nitrogens with zero attached hydrogens (tertiary/aromatic N) is 3. The van der Waals surface area contributed by atoms with Crippen LogP contribution in [-0.4, -0.2) is 41.5 Å². The highest BCUT2D eigenvalue weighted by Crippen LogP contribution is 2.26. The normalized spacial score (nSPS) is 26.0. The minimum atomic E-state index is -0.305. The highest BCUT2D eigenvalue weighted by atomic mass is 16.4. The molecule has 3 unspecified atom stereocenters. The van der Waals surface area contributed by atoms with Crippen LogP contribution in [0.2, 0.25) is 0 Å². The lowest BCUT2D eigenvalue weighted by atomic mass is 9.92. The fourth-order valence-corrected chi connectivity index (χ4v) is 2.35. The molecule has 0 saturated heterocycles. The summed E-state index contributed by atoms with van der Waals surface area (Å²) in [5.74, 6) is 0.574. The maximum absolute atomic E-state index is 10.0. The van der Waals surface area contributed by atoms with E-state index >= 15 is 0 Å². The number of rotatable bonds is 4. The van der Waals surface area contributed by atoms with Crippen LogP contribution in [0.5, 0.6) is 0 Å². The zero-order valence-electron chi connectivity index (χ0n) is 11.3. The Labute approximate surface area is 107 Å². The third-order valence-electron chi connectivity index (χ3n) is 3.73. The lowest BCUT2D eigenvalue weighted by molar-refractivity contribution is 0.104.